The standard InChI is InChI=1S/C15H20O3/c1-9(2)10-6-5-7-15(3)12(16)8-11(18-4)14(17)13(10)15/h5-6,8-10,13H,7H2,1-4H3/t10-,13?,15+/m0/s1. The van der Waals surface area contributed by atoms with E-state index in [4.69, 9.17) is 4.74 Å². The molecule has 0 N–H and O–H groups in total. The Morgan fingerprint density at radius 3 is 2.61 bits per heavy atom. The van der Waals surface area contributed by atoms with Gasteiger partial charge in [0.1, 0.15) is 0 Å². The van der Waals surface area contributed by atoms with Gasteiger partial charge in [0.05, 0.1) is 7.11 Å². The molecule has 0 aliphatic heterocycles. The van der Waals surface area contributed by atoms with Crippen molar-refractivity contribution in [2.45, 2.75) is 27.2 Å². The Morgan fingerprint density at radius 2 is 2.06 bits per heavy atom. The molecule has 1 unspecified atom stereocenters. The number of rotatable bonds is 2. The fraction of sp³-hybridized carbons (Fsp3) is 0.600. The van der Waals surface area contributed by atoms with Gasteiger partial charge in [0, 0.05) is 17.4 Å². The fourth-order valence-corrected chi connectivity index (χ4v) is 3.13. The number of fused-ring (bicyclic) bond motifs is 1. The Labute approximate surface area is 108 Å². The fourth-order valence-electron chi connectivity index (χ4n) is 3.13. The van der Waals surface area contributed by atoms with E-state index in [1.807, 2.05) is 13.0 Å². The second-order valence-corrected chi connectivity index (χ2v) is 5.79. The van der Waals surface area contributed by atoms with Crippen molar-refractivity contribution in [3.63, 3.8) is 0 Å². The highest BCUT2D eigenvalue weighted by Gasteiger charge is 2.52. The molecule has 0 amide bonds. The van der Waals surface area contributed by atoms with Crippen LogP contribution in [0.15, 0.2) is 24.0 Å². The molecule has 0 aromatic carbocycles. The summed E-state index contributed by atoms with van der Waals surface area (Å²) in [6.45, 7) is 6.08. The van der Waals surface area contributed by atoms with Crippen LogP contribution in [0.2, 0.25) is 0 Å². The molecule has 0 saturated carbocycles. The van der Waals surface area contributed by atoms with E-state index >= 15 is 0 Å². The predicted octanol–water partition coefficient (Wildman–Crippen LogP) is 2.52. The van der Waals surface area contributed by atoms with Crippen LogP contribution in [0.5, 0.6) is 0 Å². The van der Waals surface area contributed by atoms with Crippen molar-refractivity contribution in [1.29, 1.82) is 0 Å². The van der Waals surface area contributed by atoms with Gasteiger partial charge in [-0.05, 0) is 18.3 Å². The third-order valence-corrected chi connectivity index (χ3v) is 4.31. The summed E-state index contributed by atoms with van der Waals surface area (Å²) in [5, 5.41) is 0. The molecule has 2 aliphatic rings. The van der Waals surface area contributed by atoms with Crippen LogP contribution in [-0.2, 0) is 14.3 Å². The third kappa shape index (κ3) is 1.73. The molecule has 0 heterocycles. The first-order chi connectivity index (χ1) is 8.41. The van der Waals surface area contributed by atoms with Gasteiger partial charge < -0.3 is 4.74 Å². The van der Waals surface area contributed by atoms with E-state index in [0.717, 1.165) is 0 Å². The Kier molecular flexibility index (Phi) is 3.18. The number of methoxy groups -OCH3 is 1. The van der Waals surface area contributed by atoms with Gasteiger partial charge >= 0.3 is 0 Å². The number of carbonyl (C=O) groups excluding carboxylic acids is 2. The molecular weight excluding hydrogens is 228 g/mol. The van der Waals surface area contributed by atoms with E-state index in [1.165, 1.54) is 13.2 Å². The second kappa shape index (κ2) is 4.38. The molecule has 0 spiro atoms. The van der Waals surface area contributed by atoms with Gasteiger partial charge in [-0.25, -0.2) is 0 Å². The zero-order valence-corrected chi connectivity index (χ0v) is 11.4. The van der Waals surface area contributed by atoms with Gasteiger partial charge in [-0.15, -0.1) is 0 Å². The minimum atomic E-state index is -0.594. The van der Waals surface area contributed by atoms with Gasteiger partial charge in [0.15, 0.2) is 11.5 Å². The molecule has 0 aromatic heterocycles. The highest BCUT2D eigenvalue weighted by molar-refractivity contribution is 6.11. The van der Waals surface area contributed by atoms with Gasteiger partial charge in [0.25, 0.3) is 0 Å². The normalized spacial score (nSPS) is 35.5. The lowest BCUT2D eigenvalue weighted by Gasteiger charge is -2.44. The number of hydrogen-bond donors (Lipinski definition) is 0. The summed E-state index contributed by atoms with van der Waals surface area (Å²) in [6, 6.07) is 0. The van der Waals surface area contributed by atoms with Crippen LogP contribution in [0.1, 0.15) is 27.2 Å². The van der Waals surface area contributed by atoms with E-state index in [9.17, 15) is 9.59 Å². The van der Waals surface area contributed by atoms with Crippen molar-refractivity contribution in [3.8, 4) is 0 Å². The maximum Gasteiger partial charge on any atom is 0.202 e. The molecule has 3 atom stereocenters. The van der Waals surface area contributed by atoms with Gasteiger partial charge in [-0.2, -0.15) is 0 Å². The number of hydrogen-bond acceptors (Lipinski definition) is 3. The maximum absolute atomic E-state index is 12.5. The van der Waals surface area contributed by atoms with Crippen molar-refractivity contribution in [3.05, 3.63) is 24.0 Å². The Morgan fingerprint density at radius 1 is 1.39 bits per heavy atom. The Bertz CT molecular complexity index is 445. The average molecular weight is 248 g/mol. The zero-order chi connectivity index (χ0) is 13.5. The lowest BCUT2D eigenvalue weighted by Crippen LogP contribution is -2.49. The molecule has 2 aliphatic carbocycles. The van der Waals surface area contributed by atoms with Crippen LogP contribution >= 0.6 is 0 Å². The molecule has 98 valence electrons. The summed E-state index contributed by atoms with van der Waals surface area (Å²) in [5.74, 6) is 0.359. The number of ether oxygens (including phenoxy) is 1. The SMILES string of the molecule is COC1=CC(=O)[C@@]2(C)CC=C[C@@H](C(C)C)C2C1=O. The summed E-state index contributed by atoms with van der Waals surface area (Å²) < 4.78 is 5.06. The smallest absolute Gasteiger partial charge is 0.202 e. The van der Waals surface area contributed by atoms with Crippen molar-refractivity contribution in [2.75, 3.05) is 7.11 Å². The molecule has 0 saturated heterocycles. The maximum atomic E-state index is 12.5. The molecular formula is C15H20O3. The van der Waals surface area contributed by atoms with Gasteiger partial charge in [-0.3, -0.25) is 9.59 Å². The van der Waals surface area contributed by atoms with Crippen molar-refractivity contribution in [2.24, 2.45) is 23.2 Å². The zero-order valence-electron chi connectivity index (χ0n) is 11.4. The number of carbonyl (C=O) groups is 2. The van der Waals surface area contributed by atoms with Crippen molar-refractivity contribution >= 4 is 11.6 Å². The molecule has 0 bridgehead atoms. The average Bonchev–Trinajstić information content (AvgIpc) is 2.33. The predicted molar refractivity (Wildman–Crippen MR) is 68.8 cm³/mol. The first-order valence-corrected chi connectivity index (χ1v) is 6.43. The topological polar surface area (TPSA) is 43.4 Å². The lowest BCUT2D eigenvalue weighted by molar-refractivity contribution is -0.141. The lowest BCUT2D eigenvalue weighted by atomic mass is 9.57. The van der Waals surface area contributed by atoms with E-state index in [1.54, 1.807) is 0 Å². The summed E-state index contributed by atoms with van der Waals surface area (Å²) in [7, 11) is 1.45. The monoisotopic (exact) mass is 248 g/mol. The molecule has 2 rings (SSSR count). The van der Waals surface area contributed by atoms with Gasteiger partial charge in [0.2, 0.25) is 5.78 Å². The molecule has 3 nitrogen and oxygen atoms in total. The van der Waals surface area contributed by atoms with E-state index < -0.39 is 5.41 Å². The van der Waals surface area contributed by atoms with Crippen LogP contribution < -0.4 is 0 Å². The Hall–Kier alpha value is -1.38. The highest BCUT2D eigenvalue weighted by atomic mass is 16.5. The van der Waals surface area contributed by atoms with Crippen LogP contribution in [0.3, 0.4) is 0 Å². The number of ketones is 2. The first-order valence-electron chi connectivity index (χ1n) is 6.43. The molecule has 0 aromatic rings. The summed E-state index contributed by atoms with van der Waals surface area (Å²) in [4.78, 5) is 24.8. The van der Waals surface area contributed by atoms with Crippen molar-refractivity contribution < 1.29 is 14.3 Å². The highest BCUT2D eigenvalue weighted by Crippen LogP contribution is 2.48. The minimum Gasteiger partial charge on any atom is -0.493 e. The molecule has 3 heteroatoms. The van der Waals surface area contributed by atoms with Crippen LogP contribution in [0.25, 0.3) is 0 Å². The van der Waals surface area contributed by atoms with Gasteiger partial charge in [-0.1, -0.05) is 32.9 Å². The Balaban J connectivity index is 2.51. The minimum absolute atomic E-state index is 0.0129. The summed E-state index contributed by atoms with van der Waals surface area (Å²) >= 11 is 0. The number of Topliss-reactive ketones (excluding diaryl/α,β-unsaturated/α-hetero) is 1. The molecule has 18 heavy (non-hydrogen) atoms. The third-order valence-electron chi connectivity index (χ3n) is 4.31. The van der Waals surface area contributed by atoms with E-state index in [0.29, 0.717) is 12.3 Å². The van der Waals surface area contributed by atoms with Crippen LogP contribution in [-0.4, -0.2) is 18.7 Å². The number of allylic oxidation sites excluding steroid dienone is 4. The largest absolute Gasteiger partial charge is 0.493 e. The molecule has 0 radical (unpaired) electrons. The van der Waals surface area contributed by atoms with Crippen LogP contribution in [0, 0.1) is 23.2 Å². The van der Waals surface area contributed by atoms with E-state index in [2.05, 4.69) is 19.9 Å². The second-order valence-electron chi connectivity index (χ2n) is 5.79. The summed E-state index contributed by atoms with van der Waals surface area (Å²) in [5.41, 5.74) is -0.594. The van der Waals surface area contributed by atoms with E-state index in [-0.39, 0.29) is 29.2 Å². The molecule has 0 fully saturated rings. The first kappa shape index (κ1) is 13.1. The van der Waals surface area contributed by atoms with Crippen LogP contribution in [0.4, 0.5) is 0 Å². The summed E-state index contributed by atoms with van der Waals surface area (Å²) in [6.07, 6.45) is 6.13. The quantitative estimate of drug-likeness (QED) is 0.705. The van der Waals surface area contributed by atoms with Crippen molar-refractivity contribution in [1.82, 2.24) is 0 Å².